The minimum absolute atomic E-state index is 0.000604. The fraction of sp³-hybridized carbons (Fsp3) is 0.714. The van der Waals surface area contributed by atoms with Crippen molar-refractivity contribution in [3.63, 3.8) is 0 Å². The van der Waals surface area contributed by atoms with Crippen molar-refractivity contribution in [1.82, 2.24) is 10.2 Å². The van der Waals surface area contributed by atoms with Gasteiger partial charge in [-0.3, -0.25) is 9.59 Å². The van der Waals surface area contributed by atoms with Crippen molar-refractivity contribution in [1.29, 1.82) is 0 Å². The Morgan fingerprint density at radius 1 is 1.00 bits per heavy atom. The van der Waals surface area contributed by atoms with Crippen LogP contribution < -0.4 is 14.8 Å². The zero-order valence-corrected chi connectivity index (χ0v) is 22.5. The Morgan fingerprint density at radius 2 is 1.78 bits per heavy atom. The Bertz CT molecular complexity index is 766. The molecule has 2 amide bonds. The van der Waals surface area contributed by atoms with Gasteiger partial charge < -0.3 is 29.2 Å². The summed E-state index contributed by atoms with van der Waals surface area (Å²) in [5, 5.41) is 2.99. The summed E-state index contributed by atoms with van der Waals surface area (Å²) >= 11 is 0. The van der Waals surface area contributed by atoms with E-state index in [0.717, 1.165) is 56.4 Å². The van der Waals surface area contributed by atoms with Gasteiger partial charge in [-0.25, -0.2) is 0 Å². The Morgan fingerprint density at radius 3 is 2.53 bits per heavy atom. The molecule has 0 aliphatic carbocycles. The number of nitrogens with one attached hydrogen (secondary N) is 1. The van der Waals surface area contributed by atoms with Crippen molar-refractivity contribution in [3.05, 3.63) is 23.8 Å². The lowest BCUT2D eigenvalue weighted by Crippen LogP contribution is -2.41. The SMILES string of the molecule is COCCCOc1cc(CCCCCC[C@@H](C)C(=O)NCCCC(=O)N2CCOCC2)ccc1OC. The van der Waals surface area contributed by atoms with Gasteiger partial charge in [0.05, 0.1) is 26.9 Å². The number of hydrogen-bond acceptors (Lipinski definition) is 6. The first-order chi connectivity index (χ1) is 17.5. The minimum Gasteiger partial charge on any atom is -0.493 e. The van der Waals surface area contributed by atoms with Gasteiger partial charge >= 0.3 is 0 Å². The fourth-order valence-corrected chi connectivity index (χ4v) is 4.24. The largest absolute Gasteiger partial charge is 0.493 e. The number of aryl methyl sites for hydroxylation is 1. The lowest BCUT2D eigenvalue weighted by molar-refractivity contribution is -0.135. The van der Waals surface area contributed by atoms with Crippen LogP contribution in [-0.4, -0.2) is 77.0 Å². The number of hydrogen-bond donors (Lipinski definition) is 1. The predicted octanol–water partition coefficient (Wildman–Crippen LogP) is 3.99. The Kier molecular flexibility index (Phi) is 15.0. The third kappa shape index (κ3) is 11.6. The van der Waals surface area contributed by atoms with Crippen molar-refractivity contribution in [2.24, 2.45) is 5.92 Å². The van der Waals surface area contributed by atoms with E-state index in [0.29, 0.717) is 58.9 Å². The van der Waals surface area contributed by atoms with Crippen LogP contribution in [0.4, 0.5) is 0 Å². The van der Waals surface area contributed by atoms with Gasteiger partial charge in [-0.2, -0.15) is 0 Å². The van der Waals surface area contributed by atoms with Gasteiger partial charge in [-0.15, -0.1) is 0 Å². The molecule has 8 nitrogen and oxygen atoms in total. The molecule has 0 unspecified atom stereocenters. The van der Waals surface area contributed by atoms with E-state index in [1.165, 1.54) is 5.56 Å². The van der Waals surface area contributed by atoms with E-state index in [2.05, 4.69) is 17.4 Å². The summed E-state index contributed by atoms with van der Waals surface area (Å²) in [5.41, 5.74) is 1.25. The number of unbranched alkanes of at least 4 members (excludes halogenated alkanes) is 3. The van der Waals surface area contributed by atoms with E-state index in [-0.39, 0.29) is 17.7 Å². The second-order valence-corrected chi connectivity index (χ2v) is 9.42. The molecule has 1 heterocycles. The number of carbonyl (C=O) groups is 2. The van der Waals surface area contributed by atoms with Gasteiger partial charge in [0.15, 0.2) is 11.5 Å². The summed E-state index contributed by atoms with van der Waals surface area (Å²) in [6.07, 6.45) is 8.28. The molecule has 0 spiro atoms. The Hall–Kier alpha value is -2.32. The maximum atomic E-state index is 12.3. The highest BCUT2D eigenvalue weighted by Crippen LogP contribution is 2.29. The van der Waals surface area contributed by atoms with E-state index in [1.807, 2.05) is 17.9 Å². The highest BCUT2D eigenvalue weighted by atomic mass is 16.5. The number of ether oxygens (including phenoxy) is 4. The molecule has 0 bridgehead atoms. The zero-order valence-electron chi connectivity index (χ0n) is 22.5. The molecule has 1 aromatic rings. The van der Waals surface area contributed by atoms with E-state index in [4.69, 9.17) is 18.9 Å². The molecular formula is C28H46N2O6. The lowest BCUT2D eigenvalue weighted by atomic mass is 10.00. The summed E-state index contributed by atoms with van der Waals surface area (Å²) < 4.78 is 21.6. The lowest BCUT2D eigenvalue weighted by Gasteiger charge is -2.26. The van der Waals surface area contributed by atoms with Crippen molar-refractivity contribution in [2.75, 3.05) is 60.3 Å². The van der Waals surface area contributed by atoms with E-state index < -0.39 is 0 Å². The number of nitrogens with zero attached hydrogens (tertiary/aromatic N) is 1. The van der Waals surface area contributed by atoms with Gasteiger partial charge in [0.1, 0.15) is 0 Å². The van der Waals surface area contributed by atoms with E-state index in [1.54, 1.807) is 14.2 Å². The van der Waals surface area contributed by atoms with Crippen LogP contribution in [-0.2, 0) is 25.5 Å². The van der Waals surface area contributed by atoms with Crippen molar-refractivity contribution in [2.45, 2.75) is 64.7 Å². The van der Waals surface area contributed by atoms with Gasteiger partial charge in [0.2, 0.25) is 11.8 Å². The van der Waals surface area contributed by atoms with Crippen molar-refractivity contribution < 1.29 is 28.5 Å². The molecular weight excluding hydrogens is 460 g/mol. The molecule has 1 N–H and O–H groups in total. The smallest absolute Gasteiger partial charge is 0.222 e. The molecule has 1 fully saturated rings. The van der Waals surface area contributed by atoms with Gasteiger partial charge in [-0.05, 0) is 43.4 Å². The van der Waals surface area contributed by atoms with Crippen molar-refractivity contribution >= 4 is 11.8 Å². The molecule has 0 radical (unpaired) electrons. The van der Waals surface area contributed by atoms with Crippen LogP contribution in [0.5, 0.6) is 11.5 Å². The zero-order chi connectivity index (χ0) is 26.0. The summed E-state index contributed by atoms with van der Waals surface area (Å²) in [4.78, 5) is 26.3. The third-order valence-corrected chi connectivity index (χ3v) is 6.51. The Labute approximate surface area is 217 Å². The first-order valence-electron chi connectivity index (χ1n) is 13.5. The van der Waals surface area contributed by atoms with Gasteiger partial charge in [0, 0.05) is 52.1 Å². The molecule has 1 atom stereocenters. The maximum absolute atomic E-state index is 12.3. The average molecular weight is 507 g/mol. The average Bonchev–Trinajstić information content (AvgIpc) is 2.91. The highest BCUT2D eigenvalue weighted by Gasteiger charge is 2.17. The number of morpholine rings is 1. The normalized spacial score (nSPS) is 14.4. The summed E-state index contributed by atoms with van der Waals surface area (Å²) in [6, 6.07) is 6.15. The van der Waals surface area contributed by atoms with Crippen LogP contribution in [0.1, 0.15) is 63.9 Å². The van der Waals surface area contributed by atoms with Crippen LogP contribution in [0.15, 0.2) is 18.2 Å². The second kappa shape index (κ2) is 18.0. The summed E-state index contributed by atoms with van der Waals surface area (Å²) in [5.74, 6) is 1.79. The molecule has 1 aliphatic rings. The van der Waals surface area contributed by atoms with Crippen LogP contribution >= 0.6 is 0 Å². The summed E-state index contributed by atoms with van der Waals surface area (Å²) in [6.45, 7) is 6.41. The van der Waals surface area contributed by atoms with Crippen LogP contribution in [0, 0.1) is 5.92 Å². The molecule has 1 saturated heterocycles. The predicted molar refractivity (Wildman–Crippen MR) is 141 cm³/mol. The fourth-order valence-electron chi connectivity index (χ4n) is 4.24. The summed E-state index contributed by atoms with van der Waals surface area (Å²) in [7, 11) is 3.35. The molecule has 0 aromatic heterocycles. The molecule has 0 saturated carbocycles. The number of methoxy groups -OCH3 is 2. The molecule has 8 heteroatoms. The molecule has 36 heavy (non-hydrogen) atoms. The molecule has 1 aliphatic heterocycles. The van der Waals surface area contributed by atoms with Crippen molar-refractivity contribution in [3.8, 4) is 11.5 Å². The van der Waals surface area contributed by atoms with Gasteiger partial charge in [-0.1, -0.05) is 32.3 Å². The standard InChI is InChI=1S/C28H46N2O6/c1-23(28(32)29-15-8-12-27(31)30-16-20-35-21-17-30)10-6-4-5-7-11-24-13-14-25(34-3)26(22-24)36-19-9-18-33-2/h13-14,22-23H,4-12,15-21H2,1-3H3,(H,29,32)/t23-/m1/s1. The van der Waals surface area contributed by atoms with E-state index in [9.17, 15) is 9.59 Å². The maximum Gasteiger partial charge on any atom is 0.222 e. The van der Waals surface area contributed by atoms with Gasteiger partial charge in [0.25, 0.3) is 0 Å². The first kappa shape index (κ1) is 29.9. The molecule has 204 valence electrons. The van der Waals surface area contributed by atoms with Crippen LogP contribution in [0.25, 0.3) is 0 Å². The monoisotopic (exact) mass is 506 g/mol. The topological polar surface area (TPSA) is 86.3 Å². The molecule has 2 rings (SSSR count). The highest BCUT2D eigenvalue weighted by molar-refractivity contribution is 5.78. The quantitative estimate of drug-likeness (QED) is 0.303. The van der Waals surface area contributed by atoms with Crippen LogP contribution in [0.2, 0.25) is 0 Å². The Balaban J connectivity index is 1.54. The number of amides is 2. The number of benzene rings is 1. The van der Waals surface area contributed by atoms with Crippen LogP contribution in [0.3, 0.4) is 0 Å². The minimum atomic E-state index is -0.000604. The number of carbonyl (C=O) groups excluding carboxylic acids is 2. The first-order valence-corrected chi connectivity index (χ1v) is 13.5. The molecule has 1 aromatic carbocycles. The van der Waals surface area contributed by atoms with E-state index >= 15 is 0 Å². The number of rotatable bonds is 18. The third-order valence-electron chi connectivity index (χ3n) is 6.51. The second-order valence-electron chi connectivity index (χ2n) is 9.42.